The minimum Gasteiger partial charge on any atom is -0.465 e. The van der Waals surface area contributed by atoms with Gasteiger partial charge in [0.2, 0.25) is 5.92 Å². The molecule has 0 aromatic heterocycles. The number of ketones is 1. The molecule has 72 valence electrons. The van der Waals surface area contributed by atoms with Crippen LogP contribution >= 0.6 is 0 Å². The third-order valence-electron chi connectivity index (χ3n) is 1.74. The van der Waals surface area contributed by atoms with Gasteiger partial charge in [0.1, 0.15) is 0 Å². The number of ether oxygens (including phenoxy) is 2. The highest BCUT2D eigenvalue weighted by Gasteiger charge is 2.46. The fraction of sp³-hybridized carbons (Fsp3) is 0.625. The second-order valence-electron chi connectivity index (χ2n) is 2.67. The van der Waals surface area contributed by atoms with Crippen LogP contribution in [0, 0.1) is 5.92 Å². The molecule has 2 atom stereocenters. The van der Waals surface area contributed by atoms with Crippen molar-refractivity contribution in [1.82, 2.24) is 0 Å². The number of hydrogen-bond acceptors (Lipinski definition) is 5. The van der Waals surface area contributed by atoms with E-state index in [0.29, 0.717) is 0 Å². The van der Waals surface area contributed by atoms with Crippen molar-refractivity contribution in [3.63, 3.8) is 0 Å². The van der Waals surface area contributed by atoms with Gasteiger partial charge in [0.25, 0.3) is 0 Å². The highest BCUT2D eigenvalue weighted by atomic mass is 16.6. The predicted octanol–water partition coefficient (Wildman–Crippen LogP) is -0.320. The Kier molecular flexibility index (Phi) is 2.65. The van der Waals surface area contributed by atoms with E-state index in [1.807, 2.05) is 0 Å². The largest absolute Gasteiger partial charge is 0.465 e. The topological polar surface area (TPSA) is 69.7 Å². The minimum absolute atomic E-state index is 0.143. The van der Waals surface area contributed by atoms with Crippen LogP contribution in [0.25, 0.3) is 0 Å². The first kappa shape index (κ1) is 9.70. The lowest BCUT2D eigenvalue weighted by molar-refractivity contribution is -0.156. The Labute approximate surface area is 75.0 Å². The molecule has 5 nitrogen and oxygen atoms in total. The summed E-state index contributed by atoms with van der Waals surface area (Å²) in [5.41, 5.74) is 0. The van der Waals surface area contributed by atoms with Gasteiger partial charge in [0.15, 0.2) is 11.9 Å². The molecule has 0 amide bonds. The number of rotatable bonds is 2. The third kappa shape index (κ3) is 1.68. The van der Waals surface area contributed by atoms with Crippen LogP contribution in [-0.2, 0) is 23.9 Å². The second kappa shape index (κ2) is 3.55. The number of hydrogen-bond donors (Lipinski definition) is 0. The van der Waals surface area contributed by atoms with Gasteiger partial charge in [-0.25, -0.2) is 0 Å². The summed E-state index contributed by atoms with van der Waals surface area (Å²) in [6.07, 6.45) is -0.832. The lowest BCUT2D eigenvalue weighted by Crippen LogP contribution is -2.28. The van der Waals surface area contributed by atoms with Crippen molar-refractivity contribution in [1.29, 1.82) is 0 Å². The molecule has 0 unspecified atom stereocenters. The number of carbonyl (C=O) groups is 3. The quantitative estimate of drug-likeness (QED) is 0.436. The van der Waals surface area contributed by atoms with Gasteiger partial charge in [-0.2, -0.15) is 0 Å². The molecule has 0 aromatic carbocycles. The summed E-state index contributed by atoms with van der Waals surface area (Å²) in [4.78, 5) is 33.2. The summed E-state index contributed by atoms with van der Waals surface area (Å²) >= 11 is 0. The van der Waals surface area contributed by atoms with Crippen molar-refractivity contribution in [2.24, 2.45) is 5.92 Å². The van der Waals surface area contributed by atoms with Gasteiger partial charge in [-0.05, 0) is 13.8 Å². The summed E-state index contributed by atoms with van der Waals surface area (Å²) in [5.74, 6) is -3.52. The molecule has 0 saturated carbocycles. The molecule has 1 aliphatic heterocycles. The summed E-state index contributed by atoms with van der Waals surface area (Å²) in [6.45, 7) is 3.18. The summed E-state index contributed by atoms with van der Waals surface area (Å²) in [6, 6.07) is 0. The molecule has 1 fully saturated rings. The first-order chi connectivity index (χ1) is 6.07. The van der Waals surface area contributed by atoms with E-state index in [9.17, 15) is 14.4 Å². The lowest BCUT2D eigenvalue weighted by Gasteiger charge is -2.02. The van der Waals surface area contributed by atoms with Crippen LogP contribution in [0.2, 0.25) is 0 Å². The van der Waals surface area contributed by atoms with Crippen molar-refractivity contribution in [2.45, 2.75) is 20.0 Å². The molecule has 0 aromatic rings. The Balaban J connectivity index is 2.74. The molecule has 1 heterocycles. The summed E-state index contributed by atoms with van der Waals surface area (Å²) in [7, 11) is 0. The zero-order chi connectivity index (χ0) is 10.0. The van der Waals surface area contributed by atoms with E-state index in [2.05, 4.69) is 9.47 Å². The maximum absolute atomic E-state index is 11.2. The zero-order valence-electron chi connectivity index (χ0n) is 7.40. The highest BCUT2D eigenvalue weighted by Crippen LogP contribution is 2.18. The van der Waals surface area contributed by atoms with Crippen LogP contribution in [0.3, 0.4) is 0 Å². The Morgan fingerprint density at radius 2 is 2.15 bits per heavy atom. The molecule has 1 saturated heterocycles. The van der Waals surface area contributed by atoms with Gasteiger partial charge in [-0.15, -0.1) is 0 Å². The van der Waals surface area contributed by atoms with Gasteiger partial charge >= 0.3 is 11.9 Å². The van der Waals surface area contributed by atoms with E-state index in [0.717, 1.165) is 0 Å². The van der Waals surface area contributed by atoms with Crippen LogP contribution in [0.15, 0.2) is 0 Å². The fourth-order valence-corrected chi connectivity index (χ4v) is 1.09. The van der Waals surface area contributed by atoms with Gasteiger partial charge in [0, 0.05) is 0 Å². The predicted molar refractivity (Wildman–Crippen MR) is 40.7 cm³/mol. The van der Waals surface area contributed by atoms with E-state index in [4.69, 9.17) is 0 Å². The fourth-order valence-electron chi connectivity index (χ4n) is 1.09. The van der Waals surface area contributed by atoms with Gasteiger partial charge in [-0.1, -0.05) is 0 Å². The van der Waals surface area contributed by atoms with Crippen molar-refractivity contribution < 1.29 is 23.9 Å². The molecule has 0 bridgehead atoms. The maximum Gasteiger partial charge on any atom is 0.328 e. The average Bonchev–Trinajstić information content (AvgIpc) is 2.27. The average molecular weight is 186 g/mol. The van der Waals surface area contributed by atoms with E-state index in [1.165, 1.54) is 6.92 Å². The molecule has 0 aliphatic carbocycles. The van der Waals surface area contributed by atoms with Crippen LogP contribution in [0.5, 0.6) is 0 Å². The van der Waals surface area contributed by atoms with Crippen LogP contribution < -0.4 is 0 Å². The number of cyclic esters (lactones) is 1. The van der Waals surface area contributed by atoms with Crippen molar-refractivity contribution in [3.8, 4) is 0 Å². The standard InChI is InChI=1S/C8H10O5/c1-3-12-7(10)5-6(9)4(2)13-8(5)11/h4-5H,3H2,1-2H3/t4-,5+/m0/s1. The monoisotopic (exact) mass is 186 g/mol. The minimum atomic E-state index is -1.37. The first-order valence-electron chi connectivity index (χ1n) is 3.98. The molecule has 0 radical (unpaired) electrons. The summed E-state index contributed by atoms with van der Waals surface area (Å²) < 4.78 is 9.12. The first-order valence-corrected chi connectivity index (χ1v) is 3.98. The lowest BCUT2D eigenvalue weighted by atomic mass is 10.0. The molecule has 1 rings (SSSR count). The molecular formula is C8H10O5. The summed E-state index contributed by atoms with van der Waals surface area (Å²) in [5, 5.41) is 0. The van der Waals surface area contributed by atoms with Gasteiger partial charge in [-0.3, -0.25) is 14.4 Å². The third-order valence-corrected chi connectivity index (χ3v) is 1.74. The molecular weight excluding hydrogens is 176 g/mol. The highest BCUT2D eigenvalue weighted by molar-refractivity contribution is 6.19. The number of esters is 2. The van der Waals surface area contributed by atoms with Crippen LogP contribution in [0.4, 0.5) is 0 Å². The van der Waals surface area contributed by atoms with Crippen molar-refractivity contribution in [3.05, 3.63) is 0 Å². The molecule has 0 N–H and O–H groups in total. The van der Waals surface area contributed by atoms with Crippen molar-refractivity contribution >= 4 is 17.7 Å². The van der Waals surface area contributed by atoms with Gasteiger partial charge < -0.3 is 9.47 Å². The van der Waals surface area contributed by atoms with E-state index < -0.39 is 29.7 Å². The molecule has 1 aliphatic rings. The molecule has 0 spiro atoms. The van der Waals surface area contributed by atoms with Gasteiger partial charge in [0.05, 0.1) is 6.61 Å². The Morgan fingerprint density at radius 1 is 1.54 bits per heavy atom. The SMILES string of the molecule is CCOC(=O)[C@@H]1C(=O)O[C@@H](C)C1=O. The van der Waals surface area contributed by atoms with E-state index in [-0.39, 0.29) is 6.61 Å². The number of Topliss-reactive ketones (excluding diaryl/α,β-unsaturated/α-hetero) is 1. The number of carbonyl (C=O) groups excluding carboxylic acids is 3. The molecule has 5 heteroatoms. The molecule has 13 heavy (non-hydrogen) atoms. The maximum atomic E-state index is 11.2. The Bertz CT molecular complexity index is 257. The van der Waals surface area contributed by atoms with E-state index >= 15 is 0 Å². The normalized spacial score (nSPS) is 27.2. The van der Waals surface area contributed by atoms with Crippen LogP contribution in [0.1, 0.15) is 13.8 Å². The Morgan fingerprint density at radius 3 is 2.54 bits per heavy atom. The smallest absolute Gasteiger partial charge is 0.328 e. The zero-order valence-corrected chi connectivity index (χ0v) is 7.40. The Hall–Kier alpha value is -1.39. The van der Waals surface area contributed by atoms with E-state index in [1.54, 1.807) is 6.92 Å². The van der Waals surface area contributed by atoms with Crippen molar-refractivity contribution in [2.75, 3.05) is 6.61 Å². The van der Waals surface area contributed by atoms with Crippen LogP contribution in [-0.4, -0.2) is 30.4 Å². The second-order valence-corrected chi connectivity index (χ2v) is 2.67.